The summed E-state index contributed by atoms with van der Waals surface area (Å²) < 4.78 is 12.7. The first kappa shape index (κ1) is 23.3. The second kappa shape index (κ2) is 9.69. The molecule has 184 valence electrons. The molecule has 9 nitrogen and oxygen atoms in total. The molecule has 0 atom stereocenters. The van der Waals surface area contributed by atoms with Gasteiger partial charge in [-0.15, -0.1) is 11.3 Å². The van der Waals surface area contributed by atoms with Crippen molar-refractivity contribution in [2.24, 2.45) is 5.92 Å². The van der Waals surface area contributed by atoms with Crippen molar-refractivity contribution in [3.8, 4) is 11.5 Å². The minimum Gasteiger partial charge on any atom is -0.497 e. The van der Waals surface area contributed by atoms with E-state index in [0.29, 0.717) is 54.7 Å². The Balaban J connectivity index is 1.43. The maximum Gasteiger partial charge on any atom is 0.274 e. The second-order valence-electron chi connectivity index (χ2n) is 9.12. The Hall–Kier alpha value is -3.40. The van der Waals surface area contributed by atoms with Gasteiger partial charge in [-0.3, -0.25) is 14.3 Å². The van der Waals surface area contributed by atoms with Gasteiger partial charge in [0, 0.05) is 54.8 Å². The van der Waals surface area contributed by atoms with E-state index >= 15 is 0 Å². The number of benzene rings is 1. The molecule has 0 N–H and O–H groups in total. The van der Waals surface area contributed by atoms with Crippen LogP contribution in [-0.2, 0) is 26.1 Å². The van der Waals surface area contributed by atoms with Crippen LogP contribution < -0.4 is 9.47 Å². The molecule has 0 spiro atoms. The number of carbonyl (C=O) groups excluding carboxylic acids is 2. The summed E-state index contributed by atoms with van der Waals surface area (Å²) in [6.07, 6.45) is 3.05. The van der Waals surface area contributed by atoms with Gasteiger partial charge in [-0.1, -0.05) is 0 Å². The Bertz CT molecular complexity index is 1210. The third-order valence-electron chi connectivity index (χ3n) is 6.58. The number of ether oxygens (including phenoxy) is 2. The summed E-state index contributed by atoms with van der Waals surface area (Å²) in [6.45, 7) is 2.14. The molecule has 3 aromatic rings. The number of methoxy groups -OCH3 is 2. The Kier molecular flexibility index (Phi) is 6.46. The number of carbonyl (C=O) groups is 2. The quantitative estimate of drug-likeness (QED) is 0.477. The van der Waals surface area contributed by atoms with Gasteiger partial charge in [0.2, 0.25) is 0 Å². The number of hydrogen-bond donors (Lipinski definition) is 0. The average molecular weight is 496 g/mol. The molecule has 3 heterocycles. The smallest absolute Gasteiger partial charge is 0.274 e. The van der Waals surface area contributed by atoms with E-state index in [1.54, 1.807) is 54.8 Å². The van der Waals surface area contributed by atoms with Crippen LogP contribution in [0, 0.1) is 5.92 Å². The van der Waals surface area contributed by atoms with E-state index in [2.05, 4.69) is 4.98 Å². The topological polar surface area (TPSA) is 89.8 Å². The van der Waals surface area contributed by atoms with Gasteiger partial charge in [0.25, 0.3) is 11.8 Å². The lowest BCUT2D eigenvalue weighted by molar-refractivity contribution is 0.0720. The number of aromatic nitrogens is 3. The van der Waals surface area contributed by atoms with Gasteiger partial charge in [-0.2, -0.15) is 5.10 Å². The number of hydrogen-bond acceptors (Lipinski definition) is 7. The summed E-state index contributed by atoms with van der Waals surface area (Å²) in [5.41, 5.74) is 5.44. The zero-order chi connectivity index (χ0) is 24.5. The molecule has 10 heteroatoms. The van der Waals surface area contributed by atoms with Crippen molar-refractivity contribution in [1.82, 2.24) is 24.6 Å². The van der Waals surface area contributed by atoms with Crippen molar-refractivity contribution in [1.29, 1.82) is 0 Å². The van der Waals surface area contributed by atoms with E-state index in [1.165, 1.54) is 24.2 Å². The Morgan fingerprint density at radius 3 is 2.54 bits per heavy atom. The first-order valence-corrected chi connectivity index (χ1v) is 12.6. The number of amides is 2. The lowest BCUT2D eigenvalue weighted by Gasteiger charge is -2.28. The van der Waals surface area contributed by atoms with Crippen molar-refractivity contribution in [3.05, 3.63) is 57.3 Å². The van der Waals surface area contributed by atoms with Crippen LogP contribution in [0.3, 0.4) is 0 Å². The van der Waals surface area contributed by atoms with Crippen LogP contribution in [0.4, 0.5) is 0 Å². The molecule has 1 aliphatic heterocycles. The maximum absolute atomic E-state index is 13.5. The predicted octanol–water partition coefficient (Wildman–Crippen LogP) is 3.24. The molecule has 1 aromatic carbocycles. The molecule has 2 aliphatic rings. The number of rotatable bonds is 8. The summed E-state index contributed by atoms with van der Waals surface area (Å²) in [7, 11) is 4.89. The molecule has 0 radical (unpaired) electrons. The highest BCUT2D eigenvalue weighted by atomic mass is 32.1. The van der Waals surface area contributed by atoms with Crippen LogP contribution in [0.25, 0.3) is 0 Å². The van der Waals surface area contributed by atoms with Crippen LogP contribution in [0.5, 0.6) is 11.5 Å². The molecule has 0 bridgehead atoms. The minimum absolute atomic E-state index is 0.128. The van der Waals surface area contributed by atoms with Gasteiger partial charge in [0.05, 0.1) is 38.5 Å². The van der Waals surface area contributed by atoms with E-state index in [0.717, 1.165) is 23.5 Å². The van der Waals surface area contributed by atoms with E-state index in [-0.39, 0.29) is 11.8 Å². The van der Waals surface area contributed by atoms with Gasteiger partial charge in [-0.05, 0) is 30.9 Å². The van der Waals surface area contributed by atoms with Crippen molar-refractivity contribution in [2.75, 3.05) is 27.8 Å². The minimum atomic E-state index is -0.152. The molecule has 1 saturated carbocycles. The molecule has 1 aliphatic carbocycles. The Morgan fingerprint density at radius 1 is 1.17 bits per heavy atom. The van der Waals surface area contributed by atoms with Crippen LogP contribution in [0.2, 0.25) is 0 Å². The SMILES string of the molecule is COc1cc(OC)cc(C(=O)N2CCc3c(c(C(=O)N(C)Cc4cscn4)nn3CC3CC3)C2)c1. The normalized spacial score (nSPS) is 15.0. The first-order chi connectivity index (χ1) is 17.0. The van der Waals surface area contributed by atoms with E-state index in [1.807, 2.05) is 10.1 Å². The number of fused-ring (bicyclic) bond motifs is 1. The summed E-state index contributed by atoms with van der Waals surface area (Å²) in [5.74, 6) is 1.46. The summed E-state index contributed by atoms with van der Waals surface area (Å²) in [6, 6.07) is 5.16. The maximum atomic E-state index is 13.5. The molecule has 5 rings (SSSR count). The lowest BCUT2D eigenvalue weighted by Crippen LogP contribution is -2.37. The van der Waals surface area contributed by atoms with Crippen molar-refractivity contribution in [2.45, 2.75) is 38.9 Å². The highest BCUT2D eigenvalue weighted by molar-refractivity contribution is 7.07. The molecule has 2 amide bonds. The van der Waals surface area contributed by atoms with E-state index in [4.69, 9.17) is 14.6 Å². The zero-order valence-corrected chi connectivity index (χ0v) is 21.0. The monoisotopic (exact) mass is 495 g/mol. The van der Waals surface area contributed by atoms with Crippen molar-refractivity contribution in [3.63, 3.8) is 0 Å². The van der Waals surface area contributed by atoms with Gasteiger partial charge < -0.3 is 19.3 Å². The predicted molar refractivity (Wildman–Crippen MR) is 131 cm³/mol. The van der Waals surface area contributed by atoms with Gasteiger partial charge in [-0.25, -0.2) is 4.98 Å². The van der Waals surface area contributed by atoms with E-state index < -0.39 is 0 Å². The highest BCUT2D eigenvalue weighted by Gasteiger charge is 2.33. The molecular weight excluding hydrogens is 466 g/mol. The average Bonchev–Trinajstić information content (AvgIpc) is 3.42. The summed E-state index contributed by atoms with van der Waals surface area (Å²) in [5, 5.41) is 6.71. The van der Waals surface area contributed by atoms with Gasteiger partial charge in [0.1, 0.15) is 11.5 Å². The standard InChI is InChI=1S/C25H29N5O4S/c1-28(12-18-14-35-15-26-18)25(32)23-21-13-29(7-6-22(21)30(27-23)11-16-4-5-16)24(31)17-8-19(33-2)10-20(9-17)34-3/h8-10,14-16H,4-7,11-13H2,1-3H3. The third kappa shape index (κ3) is 4.88. The summed E-state index contributed by atoms with van der Waals surface area (Å²) in [4.78, 5) is 34.6. The number of nitrogens with zero attached hydrogens (tertiary/aromatic N) is 5. The number of thiazole rings is 1. The fourth-order valence-corrected chi connectivity index (χ4v) is 5.01. The largest absolute Gasteiger partial charge is 0.497 e. The Morgan fingerprint density at radius 2 is 1.91 bits per heavy atom. The molecule has 0 saturated heterocycles. The summed E-state index contributed by atoms with van der Waals surface area (Å²) >= 11 is 1.51. The molecule has 0 unspecified atom stereocenters. The fourth-order valence-electron chi connectivity index (χ4n) is 4.46. The molecule has 1 fully saturated rings. The third-order valence-corrected chi connectivity index (χ3v) is 7.21. The molecule has 2 aromatic heterocycles. The molecular formula is C25H29N5O4S. The highest BCUT2D eigenvalue weighted by Crippen LogP contribution is 2.33. The van der Waals surface area contributed by atoms with E-state index in [9.17, 15) is 9.59 Å². The second-order valence-corrected chi connectivity index (χ2v) is 9.84. The molecule has 35 heavy (non-hydrogen) atoms. The fraction of sp³-hybridized carbons (Fsp3) is 0.440. The van der Waals surface area contributed by atoms with Crippen LogP contribution >= 0.6 is 11.3 Å². The van der Waals surface area contributed by atoms with Crippen molar-refractivity contribution < 1.29 is 19.1 Å². The van der Waals surface area contributed by atoms with Gasteiger partial charge in [0.15, 0.2) is 5.69 Å². The van der Waals surface area contributed by atoms with Gasteiger partial charge >= 0.3 is 0 Å². The Labute approximate surface area is 208 Å². The first-order valence-electron chi connectivity index (χ1n) is 11.7. The van der Waals surface area contributed by atoms with Crippen molar-refractivity contribution >= 4 is 23.2 Å². The van der Waals surface area contributed by atoms with Crippen LogP contribution in [0.15, 0.2) is 29.1 Å². The lowest BCUT2D eigenvalue weighted by atomic mass is 10.0. The van der Waals surface area contributed by atoms with Crippen LogP contribution in [0.1, 0.15) is 50.6 Å². The van der Waals surface area contributed by atoms with Crippen LogP contribution in [-0.4, -0.2) is 64.2 Å². The zero-order valence-electron chi connectivity index (χ0n) is 20.2.